The van der Waals surface area contributed by atoms with Crippen LogP contribution in [0.15, 0.2) is 47.1 Å². The molecule has 90 valence electrons. The number of rotatable bonds is 3. The Labute approximate surface area is 104 Å². The van der Waals surface area contributed by atoms with Crippen LogP contribution in [-0.2, 0) is 0 Å². The number of hydrogen-bond acceptors (Lipinski definition) is 3. The first-order valence-electron chi connectivity index (χ1n) is 5.77. The van der Waals surface area contributed by atoms with Gasteiger partial charge in [0, 0.05) is 11.9 Å². The molecular formula is C14H13N3O. The van der Waals surface area contributed by atoms with E-state index in [9.17, 15) is 0 Å². The van der Waals surface area contributed by atoms with E-state index in [2.05, 4.69) is 10.2 Å². The zero-order chi connectivity index (χ0) is 12.4. The van der Waals surface area contributed by atoms with Gasteiger partial charge in [-0.2, -0.15) is 5.10 Å². The van der Waals surface area contributed by atoms with Crippen molar-refractivity contribution in [1.82, 2.24) is 10.2 Å². The molecule has 3 rings (SSSR count). The molecule has 0 amide bonds. The molecule has 0 spiro atoms. The summed E-state index contributed by atoms with van der Waals surface area (Å²) >= 11 is 0. The van der Waals surface area contributed by atoms with Crippen LogP contribution < -0.4 is 5.73 Å². The summed E-state index contributed by atoms with van der Waals surface area (Å²) < 4.78 is 5.37. The maximum atomic E-state index is 5.44. The lowest BCUT2D eigenvalue weighted by molar-refractivity contribution is 0.580. The first-order chi connectivity index (χ1) is 8.88. The fourth-order valence-corrected chi connectivity index (χ4v) is 1.95. The second-order valence-electron chi connectivity index (χ2n) is 3.99. The van der Waals surface area contributed by atoms with E-state index in [-0.39, 0.29) is 0 Å². The SMILES string of the molecule is NCC=Cc1ccc2c(-c3ccco3)n[nH]c2c1. The summed E-state index contributed by atoms with van der Waals surface area (Å²) in [5.74, 6) is 0.770. The van der Waals surface area contributed by atoms with Gasteiger partial charge in [0.25, 0.3) is 0 Å². The third-order valence-corrected chi connectivity index (χ3v) is 2.79. The fourth-order valence-electron chi connectivity index (χ4n) is 1.95. The molecule has 0 unspecified atom stereocenters. The number of aromatic nitrogens is 2. The van der Waals surface area contributed by atoms with Crippen molar-refractivity contribution in [3.63, 3.8) is 0 Å². The van der Waals surface area contributed by atoms with Crippen molar-refractivity contribution in [2.24, 2.45) is 5.73 Å². The lowest BCUT2D eigenvalue weighted by atomic mass is 10.1. The molecule has 0 aliphatic heterocycles. The number of nitrogens with one attached hydrogen (secondary N) is 1. The molecule has 0 radical (unpaired) electrons. The van der Waals surface area contributed by atoms with E-state index in [0.717, 1.165) is 27.9 Å². The molecule has 0 aliphatic rings. The van der Waals surface area contributed by atoms with Gasteiger partial charge in [0.2, 0.25) is 0 Å². The highest BCUT2D eigenvalue weighted by molar-refractivity contribution is 5.92. The molecule has 18 heavy (non-hydrogen) atoms. The Kier molecular flexibility index (Phi) is 2.70. The van der Waals surface area contributed by atoms with E-state index in [0.29, 0.717) is 6.54 Å². The standard InChI is InChI=1S/C14H13N3O/c15-7-1-3-10-5-6-11-12(9-10)16-17-14(11)13-4-2-8-18-13/h1-6,8-9H,7,15H2,(H,16,17). The maximum absolute atomic E-state index is 5.44. The lowest BCUT2D eigenvalue weighted by Crippen LogP contribution is -1.91. The number of benzene rings is 1. The first-order valence-corrected chi connectivity index (χ1v) is 5.77. The zero-order valence-corrected chi connectivity index (χ0v) is 9.76. The summed E-state index contributed by atoms with van der Waals surface area (Å²) in [4.78, 5) is 0. The minimum absolute atomic E-state index is 0.540. The Morgan fingerprint density at radius 3 is 3.06 bits per heavy atom. The average Bonchev–Trinajstić information content (AvgIpc) is 3.04. The fraction of sp³-hybridized carbons (Fsp3) is 0.0714. The molecule has 4 nitrogen and oxygen atoms in total. The van der Waals surface area contributed by atoms with Crippen LogP contribution in [0, 0.1) is 0 Å². The van der Waals surface area contributed by atoms with Crippen LogP contribution in [0.1, 0.15) is 5.56 Å². The number of hydrogen-bond donors (Lipinski definition) is 2. The predicted octanol–water partition coefficient (Wildman–Crippen LogP) is 2.79. The predicted molar refractivity (Wildman–Crippen MR) is 71.9 cm³/mol. The Balaban J connectivity index is 2.08. The minimum atomic E-state index is 0.540. The van der Waals surface area contributed by atoms with Gasteiger partial charge in [-0.15, -0.1) is 0 Å². The number of nitrogens with two attached hydrogens (primary N) is 1. The minimum Gasteiger partial charge on any atom is -0.463 e. The lowest BCUT2D eigenvalue weighted by Gasteiger charge is -1.95. The molecule has 1 aromatic carbocycles. The molecule has 2 heterocycles. The van der Waals surface area contributed by atoms with Gasteiger partial charge >= 0.3 is 0 Å². The second-order valence-corrected chi connectivity index (χ2v) is 3.99. The van der Waals surface area contributed by atoms with E-state index < -0.39 is 0 Å². The van der Waals surface area contributed by atoms with Crippen molar-refractivity contribution in [1.29, 1.82) is 0 Å². The molecule has 0 fully saturated rings. The Morgan fingerprint density at radius 1 is 1.33 bits per heavy atom. The van der Waals surface area contributed by atoms with Crippen LogP contribution in [0.25, 0.3) is 28.4 Å². The topological polar surface area (TPSA) is 67.8 Å². The molecule has 4 heteroatoms. The molecular weight excluding hydrogens is 226 g/mol. The zero-order valence-electron chi connectivity index (χ0n) is 9.76. The van der Waals surface area contributed by atoms with Crippen molar-refractivity contribution >= 4 is 17.0 Å². The van der Waals surface area contributed by atoms with Crippen molar-refractivity contribution in [3.05, 3.63) is 48.2 Å². The maximum Gasteiger partial charge on any atom is 0.154 e. The van der Waals surface area contributed by atoms with Gasteiger partial charge in [0.15, 0.2) is 5.76 Å². The van der Waals surface area contributed by atoms with E-state index in [4.69, 9.17) is 10.2 Å². The van der Waals surface area contributed by atoms with Crippen LogP contribution in [0.4, 0.5) is 0 Å². The van der Waals surface area contributed by atoms with Crippen LogP contribution >= 0.6 is 0 Å². The first kappa shape index (κ1) is 10.8. The quantitative estimate of drug-likeness (QED) is 0.738. The summed E-state index contributed by atoms with van der Waals surface area (Å²) in [5, 5.41) is 8.36. The third-order valence-electron chi connectivity index (χ3n) is 2.79. The van der Waals surface area contributed by atoms with Gasteiger partial charge < -0.3 is 10.2 Å². The molecule has 0 saturated carbocycles. The highest BCUT2D eigenvalue weighted by Crippen LogP contribution is 2.27. The summed E-state index contributed by atoms with van der Waals surface area (Å²) in [5.41, 5.74) is 8.36. The monoisotopic (exact) mass is 239 g/mol. The number of aromatic amines is 1. The van der Waals surface area contributed by atoms with Crippen molar-refractivity contribution < 1.29 is 4.42 Å². The van der Waals surface area contributed by atoms with Crippen LogP contribution in [0.5, 0.6) is 0 Å². The van der Waals surface area contributed by atoms with E-state index in [1.54, 1.807) is 6.26 Å². The normalized spacial score (nSPS) is 11.6. The van der Waals surface area contributed by atoms with Gasteiger partial charge in [-0.3, -0.25) is 5.10 Å². The Morgan fingerprint density at radius 2 is 2.28 bits per heavy atom. The van der Waals surface area contributed by atoms with E-state index in [1.807, 2.05) is 42.5 Å². The number of nitrogens with zero attached hydrogens (tertiary/aromatic N) is 1. The number of fused-ring (bicyclic) bond motifs is 1. The molecule has 3 N–H and O–H groups in total. The van der Waals surface area contributed by atoms with Crippen molar-refractivity contribution in [3.8, 4) is 11.5 Å². The summed E-state index contributed by atoms with van der Waals surface area (Å²) in [7, 11) is 0. The smallest absolute Gasteiger partial charge is 0.154 e. The summed E-state index contributed by atoms with van der Waals surface area (Å²) in [6, 6.07) is 9.87. The van der Waals surface area contributed by atoms with Crippen molar-refractivity contribution in [2.75, 3.05) is 6.54 Å². The largest absolute Gasteiger partial charge is 0.463 e. The summed E-state index contributed by atoms with van der Waals surface area (Å²) in [6.07, 6.45) is 5.56. The number of H-pyrrole nitrogens is 1. The Bertz CT molecular complexity index is 680. The highest BCUT2D eigenvalue weighted by atomic mass is 16.3. The van der Waals surface area contributed by atoms with Gasteiger partial charge in [0.05, 0.1) is 11.8 Å². The third kappa shape index (κ3) is 1.83. The molecule has 0 aliphatic carbocycles. The highest BCUT2D eigenvalue weighted by Gasteiger charge is 2.09. The van der Waals surface area contributed by atoms with E-state index >= 15 is 0 Å². The summed E-state index contributed by atoms with van der Waals surface area (Å²) in [6.45, 7) is 0.540. The van der Waals surface area contributed by atoms with E-state index in [1.165, 1.54) is 0 Å². The van der Waals surface area contributed by atoms with Crippen LogP contribution in [0.3, 0.4) is 0 Å². The van der Waals surface area contributed by atoms with Crippen molar-refractivity contribution in [2.45, 2.75) is 0 Å². The Hall–Kier alpha value is -2.33. The number of furan rings is 1. The molecule has 3 aromatic rings. The van der Waals surface area contributed by atoms with Gasteiger partial charge in [-0.05, 0) is 29.8 Å². The average molecular weight is 239 g/mol. The molecule has 2 aromatic heterocycles. The van der Waals surface area contributed by atoms with Crippen LogP contribution in [0.2, 0.25) is 0 Å². The van der Waals surface area contributed by atoms with Crippen LogP contribution in [-0.4, -0.2) is 16.7 Å². The van der Waals surface area contributed by atoms with Gasteiger partial charge in [-0.25, -0.2) is 0 Å². The second kappa shape index (κ2) is 4.50. The molecule has 0 bridgehead atoms. The molecule has 0 saturated heterocycles. The van der Waals surface area contributed by atoms with Gasteiger partial charge in [0.1, 0.15) is 5.69 Å². The molecule has 0 atom stereocenters. The van der Waals surface area contributed by atoms with Gasteiger partial charge in [-0.1, -0.05) is 18.2 Å².